The minimum atomic E-state index is 0.777. The summed E-state index contributed by atoms with van der Waals surface area (Å²) in [6.07, 6.45) is 3.94. The summed E-state index contributed by atoms with van der Waals surface area (Å²) in [7, 11) is 0. The lowest BCUT2D eigenvalue weighted by atomic mass is 10.3. The Bertz CT molecular complexity index is 407. The van der Waals surface area contributed by atoms with Gasteiger partial charge in [-0.25, -0.2) is 0 Å². The summed E-state index contributed by atoms with van der Waals surface area (Å²) >= 11 is 3.41. The molecular formula is C10H9BrN2. The van der Waals surface area contributed by atoms with E-state index >= 15 is 0 Å². The molecule has 2 nitrogen and oxygen atoms in total. The van der Waals surface area contributed by atoms with Gasteiger partial charge in [0.1, 0.15) is 0 Å². The molecule has 0 radical (unpaired) electrons. The largest absolute Gasteiger partial charge is 0.397 e. The Labute approximate surface area is 85.1 Å². The third kappa shape index (κ3) is 1.60. The molecule has 0 unspecified atom stereocenters. The van der Waals surface area contributed by atoms with Crippen molar-refractivity contribution < 1.29 is 0 Å². The van der Waals surface area contributed by atoms with Crippen LogP contribution in [0, 0.1) is 0 Å². The SMILES string of the molecule is Nc1ccc(Br)cc1-n1cccc1. The zero-order valence-electron chi connectivity index (χ0n) is 6.94. The van der Waals surface area contributed by atoms with Crippen molar-refractivity contribution in [3.05, 3.63) is 47.2 Å². The topological polar surface area (TPSA) is 30.9 Å². The van der Waals surface area contributed by atoms with E-state index in [0.717, 1.165) is 15.8 Å². The normalized spacial score (nSPS) is 10.2. The van der Waals surface area contributed by atoms with Crippen LogP contribution in [0.4, 0.5) is 5.69 Å². The molecule has 0 aliphatic rings. The summed E-state index contributed by atoms with van der Waals surface area (Å²) < 4.78 is 3.02. The molecule has 0 saturated carbocycles. The number of hydrogen-bond donors (Lipinski definition) is 1. The lowest BCUT2D eigenvalue weighted by molar-refractivity contribution is 1.08. The molecule has 1 aromatic heterocycles. The van der Waals surface area contributed by atoms with Crippen LogP contribution < -0.4 is 5.73 Å². The maximum absolute atomic E-state index is 5.84. The van der Waals surface area contributed by atoms with Gasteiger partial charge in [-0.3, -0.25) is 0 Å². The minimum absolute atomic E-state index is 0.777. The highest BCUT2D eigenvalue weighted by Crippen LogP contribution is 2.21. The Hall–Kier alpha value is -1.22. The number of aromatic nitrogens is 1. The van der Waals surface area contributed by atoms with Gasteiger partial charge in [0.25, 0.3) is 0 Å². The second kappa shape index (κ2) is 3.26. The van der Waals surface area contributed by atoms with Gasteiger partial charge in [0, 0.05) is 16.9 Å². The van der Waals surface area contributed by atoms with Crippen molar-refractivity contribution in [2.45, 2.75) is 0 Å². The number of nitrogens with two attached hydrogens (primary N) is 1. The molecule has 0 amide bonds. The molecule has 0 bridgehead atoms. The van der Waals surface area contributed by atoms with Crippen molar-refractivity contribution in [2.75, 3.05) is 5.73 Å². The van der Waals surface area contributed by atoms with Crippen molar-refractivity contribution in [3.8, 4) is 5.69 Å². The average molecular weight is 237 g/mol. The third-order valence-electron chi connectivity index (χ3n) is 1.88. The predicted molar refractivity (Wildman–Crippen MR) is 57.9 cm³/mol. The highest BCUT2D eigenvalue weighted by atomic mass is 79.9. The van der Waals surface area contributed by atoms with Crippen molar-refractivity contribution in [1.82, 2.24) is 4.57 Å². The maximum atomic E-state index is 5.84. The lowest BCUT2D eigenvalue weighted by Gasteiger charge is -2.06. The number of anilines is 1. The van der Waals surface area contributed by atoms with Crippen molar-refractivity contribution in [1.29, 1.82) is 0 Å². The molecule has 2 aromatic rings. The van der Waals surface area contributed by atoms with Crippen LogP contribution in [-0.2, 0) is 0 Å². The zero-order valence-corrected chi connectivity index (χ0v) is 8.53. The van der Waals surface area contributed by atoms with Crippen molar-refractivity contribution in [3.63, 3.8) is 0 Å². The van der Waals surface area contributed by atoms with E-state index < -0.39 is 0 Å². The first-order chi connectivity index (χ1) is 6.27. The second-order valence-electron chi connectivity index (χ2n) is 2.79. The molecule has 0 spiro atoms. The quantitative estimate of drug-likeness (QED) is 0.759. The highest BCUT2D eigenvalue weighted by molar-refractivity contribution is 9.10. The number of nitrogens with zero attached hydrogens (tertiary/aromatic N) is 1. The standard InChI is InChI=1S/C10H9BrN2/c11-8-3-4-9(12)10(7-8)13-5-1-2-6-13/h1-7H,12H2. The van der Waals surface area contributed by atoms with Gasteiger partial charge in [-0.15, -0.1) is 0 Å². The molecule has 0 aliphatic carbocycles. The van der Waals surface area contributed by atoms with E-state index in [0.29, 0.717) is 0 Å². The lowest BCUT2D eigenvalue weighted by Crippen LogP contribution is -1.96. The third-order valence-corrected chi connectivity index (χ3v) is 2.37. The van der Waals surface area contributed by atoms with Gasteiger partial charge >= 0.3 is 0 Å². The van der Waals surface area contributed by atoms with E-state index in [9.17, 15) is 0 Å². The fraction of sp³-hybridized carbons (Fsp3) is 0. The zero-order chi connectivity index (χ0) is 9.26. The van der Waals surface area contributed by atoms with E-state index in [1.807, 2.05) is 47.3 Å². The smallest absolute Gasteiger partial charge is 0.0691 e. The Morgan fingerprint density at radius 1 is 1.15 bits per heavy atom. The minimum Gasteiger partial charge on any atom is -0.397 e. The Morgan fingerprint density at radius 2 is 1.85 bits per heavy atom. The second-order valence-corrected chi connectivity index (χ2v) is 3.71. The molecule has 66 valence electrons. The first kappa shape index (κ1) is 8.38. The summed E-state index contributed by atoms with van der Waals surface area (Å²) in [5, 5.41) is 0. The molecule has 0 atom stereocenters. The van der Waals surface area contributed by atoms with Gasteiger partial charge in [0.05, 0.1) is 11.4 Å². The molecule has 2 N–H and O–H groups in total. The molecule has 0 aliphatic heterocycles. The van der Waals surface area contributed by atoms with E-state index in [2.05, 4.69) is 15.9 Å². The van der Waals surface area contributed by atoms with E-state index in [4.69, 9.17) is 5.73 Å². The molecule has 1 aromatic carbocycles. The molecule has 2 rings (SSSR count). The van der Waals surface area contributed by atoms with Crippen LogP contribution in [0.1, 0.15) is 0 Å². The predicted octanol–water partition coefficient (Wildman–Crippen LogP) is 2.82. The van der Waals surface area contributed by atoms with Gasteiger partial charge in [-0.05, 0) is 30.3 Å². The van der Waals surface area contributed by atoms with E-state index in [1.165, 1.54) is 0 Å². The number of nitrogen functional groups attached to an aromatic ring is 1. The Balaban J connectivity index is 2.57. The summed E-state index contributed by atoms with van der Waals surface area (Å²) in [5.74, 6) is 0. The molecule has 0 fully saturated rings. The Morgan fingerprint density at radius 3 is 2.54 bits per heavy atom. The van der Waals surface area contributed by atoms with Crippen LogP contribution in [0.15, 0.2) is 47.2 Å². The van der Waals surface area contributed by atoms with Crippen LogP contribution in [0.3, 0.4) is 0 Å². The fourth-order valence-corrected chi connectivity index (χ4v) is 1.58. The molecule has 1 heterocycles. The van der Waals surface area contributed by atoms with E-state index in [-0.39, 0.29) is 0 Å². The Kier molecular flexibility index (Phi) is 2.10. The van der Waals surface area contributed by atoms with Gasteiger partial charge in [0.15, 0.2) is 0 Å². The van der Waals surface area contributed by atoms with Crippen LogP contribution in [0.25, 0.3) is 5.69 Å². The summed E-state index contributed by atoms with van der Waals surface area (Å²) in [4.78, 5) is 0. The van der Waals surface area contributed by atoms with Crippen LogP contribution in [0.2, 0.25) is 0 Å². The van der Waals surface area contributed by atoms with Crippen LogP contribution in [0.5, 0.6) is 0 Å². The van der Waals surface area contributed by atoms with Crippen LogP contribution >= 0.6 is 15.9 Å². The first-order valence-corrected chi connectivity index (χ1v) is 4.75. The van der Waals surface area contributed by atoms with E-state index in [1.54, 1.807) is 0 Å². The number of rotatable bonds is 1. The van der Waals surface area contributed by atoms with Crippen LogP contribution in [-0.4, -0.2) is 4.57 Å². The number of benzene rings is 1. The fourth-order valence-electron chi connectivity index (χ4n) is 1.24. The first-order valence-electron chi connectivity index (χ1n) is 3.96. The number of hydrogen-bond acceptors (Lipinski definition) is 1. The number of halogens is 1. The summed E-state index contributed by atoms with van der Waals surface area (Å²) in [5.41, 5.74) is 7.62. The monoisotopic (exact) mass is 236 g/mol. The van der Waals surface area contributed by atoms with Gasteiger partial charge in [-0.2, -0.15) is 0 Å². The summed E-state index contributed by atoms with van der Waals surface area (Å²) in [6.45, 7) is 0. The molecule has 13 heavy (non-hydrogen) atoms. The molecular weight excluding hydrogens is 228 g/mol. The summed E-state index contributed by atoms with van der Waals surface area (Å²) in [6, 6.07) is 9.76. The maximum Gasteiger partial charge on any atom is 0.0691 e. The molecule has 3 heteroatoms. The van der Waals surface area contributed by atoms with Gasteiger partial charge in [-0.1, -0.05) is 15.9 Å². The van der Waals surface area contributed by atoms with Crippen molar-refractivity contribution >= 4 is 21.6 Å². The van der Waals surface area contributed by atoms with Gasteiger partial charge < -0.3 is 10.3 Å². The molecule has 0 saturated heterocycles. The van der Waals surface area contributed by atoms with Gasteiger partial charge in [0.2, 0.25) is 0 Å². The highest BCUT2D eigenvalue weighted by Gasteiger charge is 2.00. The van der Waals surface area contributed by atoms with Crippen molar-refractivity contribution in [2.24, 2.45) is 0 Å². The average Bonchev–Trinajstić information content (AvgIpc) is 2.61.